The summed E-state index contributed by atoms with van der Waals surface area (Å²) < 4.78 is 5.25. The predicted octanol–water partition coefficient (Wildman–Crippen LogP) is 1.38. The monoisotopic (exact) mass is 225 g/mol. The standard InChI is InChI=1S/C12H19NO3/c1-5-10(14)9-7-6-8-13(9)11(15)16-12(2,3)4/h1,9-10,14H,6-8H2,2-4H3/t9-,10?/m1/s1. The summed E-state index contributed by atoms with van der Waals surface area (Å²) in [6.45, 7) is 6.03. The lowest BCUT2D eigenvalue weighted by atomic mass is 10.1. The van der Waals surface area contributed by atoms with E-state index >= 15 is 0 Å². The second-order valence-corrected chi connectivity index (χ2v) is 4.99. The maximum atomic E-state index is 11.8. The summed E-state index contributed by atoms with van der Waals surface area (Å²) in [7, 11) is 0. The molecule has 90 valence electrons. The van der Waals surface area contributed by atoms with Crippen LogP contribution in [0, 0.1) is 12.3 Å². The third-order valence-electron chi connectivity index (χ3n) is 2.46. The van der Waals surface area contributed by atoms with Crippen molar-refractivity contribution in [1.29, 1.82) is 0 Å². The van der Waals surface area contributed by atoms with E-state index in [0.717, 1.165) is 12.8 Å². The first-order valence-corrected chi connectivity index (χ1v) is 5.49. The minimum atomic E-state index is -0.907. The molecular formula is C12H19NO3. The number of rotatable bonds is 1. The van der Waals surface area contributed by atoms with Crippen molar-refractivity contribution in [3.8, 4) is 12.3 Å². The fourth-order valence-corrected chi connectivity index (χ4v) is 1.78. The van der Waals surface area contributed by atoms with Crippen molar-refractivity contribution in [2.24, 2.45) is 0 Å². The predicted molar refractivity (Wildman–Crippen MR) is 60.8 cm³/mol. The van der Waals surface area contributed by atoms with E-state index in [1.807, 2.05) is 20.8 Å². The van der Waals surface area contributed by atoms with Gasteiger partial charge in [-0.1, -0.05) is 5.92 Å². The van der Waals surface area contributed by atoms with Gasteiger partial charge in [0, 0.05) is 6.54 Å². The highest BCUT2D eigenvalue weighted by atomic mass is 16.6. The van der Waals surface area contributed by atoms with Crippen molar-refractivity contribution in [1.82, 2.24) is 4.90 Å². The molecule has 0 spiro atoms. The summed E-state index contributed by atoms with van der Waals surface area (Å²) in [5, 5.41) is 9.59. The molecule has 0 saturated carbocycles. The first-order valence-electron chi connectivity index (χ1n) is 5.49. The number of carbonyl (C=O) groups is 1. The average Bonchev–Trinajstić information content (AvgIpc) is 2.62. The topological polar surface area (TPSA) is 49.8 Å². The Hall–Kier alpha value is -1.21. The van der Waals surface area contributed by atoms with Crippen LogP contribution in [0.2, 0.25) is 0 Å². The molecule has 1 aliphatic heterocycles. The van der Waals surface area contributed by atoms with Gasteiger partial charge in [0.25, 0.3) is 0 Å². The summed E-state index contributed by atoms with van der Waals surface area (Å²) in [5.41, 5.74) is -0.523. The van der Waals surface area contributed by atoms with Gasteiger partial charge in [-0.15, -0.1) is 6.42 Å². The molecule has 0 aromatic rings. The lowest BCUT2D eigenvalue weighted by molar-refractivity contribution is 0.0124. The van der Waals surface area contributed by atoms with Crippen LogP contribution in [-0.2, 0) is 4.74 Å². The SMILES string of the molecule is C#CC(O)[C@H]1CCCN1C(=O)OC(C)(C)C. The van der Waals surface area contributed by atoms with Crippen LogP contribution in [0.15, 0.2) is 0 Å². The maximum Gasteiger partial charge on any atom is 0.410 e. The highest BCUT2D eigenvalue weighted by Gasteiger charge is 2.35. The van der Waals surface area contributed by atoms with E-state index in [4.69, 9.17) is 11.2 Å². The number of terminal acetylenes is 1. The van der Waals surface area contributed by atoms with Gasteiger partial charge in [0.15, 0.2) is 0 Å². The molecule has 2 atom stereocenters. The number of carbonyl (C=O) groups excluding carboxylic acids is 1. The molecule has 1 aliphatic rings. The number of aliphatic hydroxyl groups excluding tert-OH is 1. The van der Waals surface area contributed by atoms with Crippen LogP contribution >= 0.6 is 0 Å². The van der Waals surface area contributed by atoms with Gasteiger partial charge < -0.3 is 14.7 Å². The van der Waals surface area contributed by atoms with Gasteiger partial charge in [-0.2, -0.15) is 0 Å². The minimum absolute atomic E-state index is 0.306. The number of aliphatic hydroxyl groups is 1. The van der Waals surface area contributed by atoms with Crippen molar-refractivity contribution in [2.45, 2.75) is 51.4 Å². The molecule has 1 unspecified atom stereocenters. The number of likely N-dealkylation sites (tertiary alicyclic amines) is 1. The molecule has 1 saturated heterocycles. The van der Waals surface area contributed by atoms with E-state index in [0.29, 0.717) is 6.54 Å². The third kappa shape index (κ3) is 3.14. The highest BCUT2D eigenvalue weighted by molar-refractivity contribution is 5.69. The van der Waals surface area contributed by atoms with Gasteiger partial charge in [0.05, 0.1) is 6.04 Å². The Morgan fingerprint density at radius 2 is 2.25 bits per heavy atom. The van der Waals surface area contributed by atoms with Crippen LogP contribution in [0.25, 0.3) is 0 Å². The van der Waals surface area contributed by atoms with Crippen LogP contribution in [-0.4, -0.2) is 40.4 Å². The average molecular weight is 225 g/mol. The van der Waals surface area contributed by atoms with Crippen LogP contribution in [0.5, 0.6) is 0 Å². The fraction of sp³-hybridized carbons (Fsp3) is 0.750. The van der Waals surface area contributed by atoms with Crippen LogP contribution in [0.3, 0.4) is 0 Å². The summed E-state index contributed by atoms with van der Waals surface area (Å²) in [6.07, 6.45) is 5.43. The number of hydrogen-bond acceptors (Lipinski definition) is 3. The molecule has 0 aliphatic carbocycles. The highest BCUT2D eigenvalue weighted by Crippen LogP contribution is 2.22. The molecule has 4 heteroatoms. The molecule has 1 N–H and O–H groups in total. The molecule has 1 amide bonds. The summed E-state index contributed by atoms with van der Waals surface area (Å²) in [5.74, 6) is 2.26. The quantitative estimate of drug-likeness (QED) is 0.686. The van der Waals surface area contributed by atoms with Gasteiger partial charge in [-0.05, 0) is 33.6 Å². The smallest absolute Gasteiger partial charge is 0.410 e. The minimum Gasteiger partial charge on any atom is -0.444 e. The van der Waals surface area contributed by atoms with Gasteiger partial charge >= 0.3 is 6.09 Å². The molecule has 1 heterocycles. The Morgan fingerprint density at radius 1 is 1.62 bits per heavy atom. The summed E-state index contributed by atoms with van der Waals surface area (Å²) in [6, 6.07) is -0.306. The lowest BCUT2D eigenvalue weighted by Crippen LogP contribution is -2.44. The zero-order chi connectivity index (χ0) is 12.3. The van der Waals surface area contributed by atoms with Gasteiger partial charge in [0.2, 0.25) is 0 Å². The van der Waals surface area contributed by atoms with E-state index in [1.54, 1.807) is 0 Å². The molecular weight excluding hydrogens is 206 g/mol. The molecule has 16 heavy (non-hydrogen) atoms. The Balaban J connectivity index is 2.65. The maximum absolute atomic E-state index is 11.8. The largest absolute Gasteiger partial charge is 0.444 e. The van der Waals surface area contributed by atoms with Crippen molar-refractivity contribution >= 4 is 6.09 Å². The van der Waals surface area contributed by atoms with E-state index in [-0.39, 0.29) is 6.04 Å². The number of ether oxygens (including phenoxy) is 1. The molecule has 0 bridgehead atoms. The molecule has 1 rings (SSSR count). The van der Waals surface area contributed by atoms with Crippen LogP contribution < -0.4 is 0 Å². The van der Waals surface area contributed by atoms with Crippen molar-refractivity contribution in [2.75, 3.05) is 6.54 Å². The second-order valence-electron chi connectivity index (χ2n) is 4.99. The van der Waals surface area contributed by atoms with Crippen LogP contribution in [0.4, 0.5) is 4.79 Å². The molecule has 1 fully saturated rings. The van der Waals surface area contributed by atoms with E-state index in [2.05, 4.69) is 5.92 Å². The first kappa shape index (κ1) is 12.9. The van der Waals surface area contributed by atoms with Crippen LogP contribution in [0.1, 0.15) is 33.6 Å². The van der Waals surface area contributed by atoms with E-state index < -0.39 is 17.8 Å². The van der Waals surface area contributed by atoms with Crippen molar-refractivity contribution < 1.29 is 14.6 Å². The molecule has 0 aromatic carbocycles. The fourth-order valence-electron chi connectivity index (χ4n) is 1.78. The molecule has 4 nitrogen and oxygen atoms in total. The third-order valence-corrected chi connectivity index (χ3v) is 2.46. The number of nitrogens with zero attached hydrogens (tertiary/aromatic N) is 1. The van der Waals surface area contributed by atoms with Gasteiger partial charge in [-0.25, -0.2) is 4.79 Å². The van der Waals surface area contributed by atoms with Crippen molar-refractivity contribution in [3.63, 3.8) is 0 Å². The van der Waals surface area contributed by atoms with E-state index in [1.165, 1.54) is 4.90 Å². The van der Waals surface area contributed by atoms with Crippen molar-refractivity contribution in [3.05, 3.63) is 0 Å². The van der Waals surface area contributed by atoms with E-state index in [9.17, 15) is 9.90 Å². The summed E-state index contributed by atoms with van der Waals surface area (Å²) >= 11 is 0. The number of amides is 1. The zero-order valence-electron chi connectivity index (χ0n) is 10.1. The normalized spacial score (nSPS) is 22.7. The Kier molecular flexibility index (Phi) is 3.82. The zero-order valence-corrected chi connectivity index (χ0v) is 10.1. The molecule has 0 radical (unpaired) electrons. The first-order chi connectivity index (χ1) is 7.35. The van der Waals surface area contributed by atoms with Gasteiger partial charge in [0.1, 0.15) is 11.7 Å². The Morgan fingerprint density at radius 3 is 2.75 bits per heavy atom. The second kappa shape index (κ2) is 4.75. The summed E-state index contributed by atoms with van der Waals surface area (Å²) in [4.78, 5) is 13.3. The molecule has 0 aromatic heterocycles. The lowest BCUT2D eigenvalue weighted by Gasteiger charge is -2.29. The number of hydrogen-bond donors (Lipinski definition) is 1. The Labute approximate surface area is 96.6 Å². The Bertz CT molecular complexity index is 300. The van der Waals surface area contributed by atoms with Gasteiger partial charge in [-0.3, -0.25) is 0 Å².